The minimum Gasteiger partial charge on any atom is -0.480 e. The second-order valence-electron chi connectivity index (χ2n) is 6.48. The molecule has 0 radical (unpaired) electrons. The van der Waals surface area contributed by atoms with E-state index in [4.69, 9.17) is 9.84 Å². The lowest BCUT2D eigenvalue weighted by Gasteiger charge is -2.27. The van der Waals surface area contributed by atoms with Crippen LogP contribution in [0.25, 0.3) is 0 Å². The minimum atomic E-state index is -1.14. The summed E-state index contributed by atoms with van der Waals surface area (Å²) in [6.07, 6.45) is 0. The van der Waals surface area contributed by atoms with Crippen molar-refractivity contribution in [1.82, 2.24) is 15.3 Å². The molecule has 0 bridgehead atoms. The average molecular weight is 398 g/mol. The highest BCUT2D eigenvalue weighted by molar-refractivity contribution is 5.94. The summed E-state index contributed by atoms with van der Waals surface area (Å²) >= 11 is 0. The van der Waals surface area contributed by atoms with Crippen molar-refractivity contribution in [3.8, 4) is 0 Å². The number of amides is 1. The summed E-state index contributed by atoms with van der Waals surface area (Å²) in [6.45, 7) is 4.19. The highest BCUT2D eigenvalue weighted by Gasteiger charge is 2.18. The maximum Gasteiger partial charge on any atom is 0.322 e. The molecule has 1 amide bonds. The van der Waals surface area contributed by atoms with E-state index in [1.807, 2.05) is 36.1 Å². The standard InChI is InChI=1S/C19H22N6O4/c1-13-3-2-4-14(9-13)11-21-24-19-22-15(18(28)20-12-17(26)27)10-16(23-19)25-5-7-29-8-6-25/h2-4,9-10H,5-8,11-12H2,1H3,(H,20,28)(H,26,27). The second kappa shape index (κ2) is 9.69. The molecule has 1 aromatic heterocycles. The predicted octanol–water partition coefficient (Wildman–Crippen LogP) is 1.72. The normalized spacial score (nSPS) is 14.2. The summed E-state index contributed by atoms with van der Waals surface area (Å²) in [5.41, 5.74) is 2.16. The van der Waals surface area contributed by atoms with Crippen LogP contribution >= 0.6 is 0 Å². The van der Waals surface area contributed by atoms with Crippen LogP contribution in [0.1, 0.15) is 21.6 Å². The Morgan fingerprint density at radius 3 is 2.76 bits per heavy atom. The zero-order chi connectivity index (χ0) is 20.6. The van der Waals surface area contributed by atoms with Crippen molar-refractivity contribution in [1.29, 1.82) is 0 Å². The Morgan fingerprint density at radius 2 is 2.03 bits per heavy atom. The highest BCUT2D eigenvalue weighted by atomic mass is 16.5. The van der Waals surface area contributed by atoms with Gasteiger partial charge in [-0.3, -0.25) is 9.59 Å². The van der Waals surface area contributed by atoms with Gasteiger partial charge in [0.05, 0.1) is 19.8 Å². The molecule has 0 unspecified atom stereocenters. The van der Waals surface area contributed by atoms with Gasteiger partial charge in [0.2, 0.25) is 0 Å². The monoisotopic (exact) mass is 398 g/mol. The molecule has 0 aliphatic carbocycles. The molecule has 10 nitrogen and oxygen atoms in total. The maximum atomic E-state index is 12.3. The van der Waals surface area contributed by atoms with Gasteiger partial charge in [0.15, 0.2) is 0 Å². The van der Waals surface area contributed by atoms with Gasteiger partial charge in [-0.2, -0.15) is 10.1 Å². The number of nitrogens with zero attached hydrogens (tertiary/aromatic N) is 5. The number of nitrogens with one attached hydrogen (secondary N) is 1. The lowest BCUT2D eigenvalue weighted by molar-refractivity contribution is -0.135. The van der Waals surface area contributed by atoms with Crippen LogP contribution in [0, 0.1) is 6.92 Å². The number of hydrogen-bond donors (Lipinski definition) is 2. The van der Waals surface area contributed by atoms with E-state index < -0.39 is 18.4 Å². The number of aliphatic carboxylic acids is 1. The summed E-state index contributed by atoms with van der Waals surface area (Å²) in [6, 6.07) is 9.41. The van der Waals surface area contributed by atoms with Crippen molar-refractivity contribution in [2.24, 2.45) is 10.2 Å². The first-order valence-electron chi connectivity index (χ1n) is 9.16. The van der Waals surface area contributed by atoms with Crippen LogP contribution < -0.4 is 10.2 Å². The number of hydrogen-bond acceptors (Lipinski definition) is 8. The molecule has 0 saturated carbocycles. The Hall–Kier alpha value is -3.40. The summed E-state index contributed by atoms with van der Waals surface area (Å²) in [4.78, 5) is 33.5. The van der Waals surface area contributed by atoms with E-state index in [2.05, 4.69) is 25.5 Å². The SMILES string of the molecule is Cc1cccc(CN=Nc2nc(C(=O)NCC(=O)O)cc(N3CCOCC3)n2)c1. The van der Waals surface area contributed by atoms with E-state index in [1.54, 1.807) is 0 Å². The lowest BCUT2D eigenvalue weighted by Crippen LogP contribution is -2.37. The average Bonchev–Trinajstić information content (AvgIpc) is 2.72. The Labute approximate surface area is 167 Å². The fraction of sp³-hybridized carbons (Fsp3) is 0.368. The van der Waals surface area contributed by atoms with E-state index in [9.17, 15) is 9.59 Å². The Kier molecular flexibility index (Phi) is 6.80. The van der Waals surface area contributed by atoms with Gasteiger partial charge in [-0.05, 0) is 12.5 Å². The number of rotatable bonds is 7. The zero-order valence-electron chi connectivity index (χ0n) is 16.0. The first kappa shape index (κ1) is 20.3. The number of aryl methyl sites for hydroxylation is 1. The molecule has 1 aliphatic heterocycles. The molecule has 10 heteroatoms. The van der Waals surface area contributed by atoms with Crippen LogP contribution in [0.2, 0.25) is 0 Å². The number of morpholine rings is 1. The Bertz CT molecular complexity index is 911. The van der Waals surface area contributed by atoms with Gasteiger partial charge in [-0.25, -0.2) is 4.98 Å². The van der Waals surface area contributed by atoms with E-state index in [1.165, 1.54) is 6.07 Å². The number of carbonyl (C=O) groups is 2. The molecular formula is C19H22N6O4. The number of ether oxygens (including phenoxy) is 1. The number of carbonyl (C=O) groups excluding carboxylic acids is 1. The van der Waals surface area contributed by atoms with Crippen molar-refractivity contribution in [2.75, 3.05) is 37.7 Å². The van der Waals surface area contributed by atoms with Crippen LogP contribution in [0.3, 0.4) is 0 Å². The van der Waals surface area contributed by atoms with Crippen molar-refractivity contribution in [3.05, 3.63) is 47.2 Å². The predicted molar refractivity (Wildman–Crippen MR) is 104 cm³/mol. The smallest absolute Gasteiger partial charge is 0.322 e. The summed E-state index contributed by atoms with van der Waals surface area (Å²) < 4.78 is 5.35. The third-order valence-electron chi connectivity index (χ3n) is 4.16. The van der Waals surface area contributed by atoms with Gasteiger partial charge < -0.3 is 20.1 Å². The largest absolute Gasteiger partial charge is 0.480 e. The molecular weight excluding hydrogens is 376 g/mol. The van der Waals surface area contributed by atoms with Gasteiger partial charge >= 0.3 is 5.97 Å². The molecule has 2 aromatic rings. The van der Waals surface area contributed by atoms with Gasteiger partial charge in [-0.1, -0.05) is 29.8 Å². The maximum absolute atomic E-state index is 12.3. The topological polar surface area (TPSA) is 129 Å². The van der Waals surface area contributed by atoms with Gasteiger partial charge in [0, 0.05) is 19.2 Å². The van der Waals surface area contributed by atoms with E-state index in [0.717, 1.165) is 11.1 Å². The number of carboxylic acids is 1. The van der Waals surface area contributed by atoms with Crippen molar-refractivity contribution in [2.45, 2.75) is 13.5 Å². The third kappa shape index (κ3) is 6.04. The molecule has 1 fully saturated rings. The summed E-state index contributed by atoms with van der Waals surface area (Å²) in [5, 5.41) is 19.3. The third-order valence-corrected chi connectivity index (χ3v) is 4.16. The van der Waals surface area contributed by atoms with Crippen LogP contribution in [-0.4, -0.2) is 59.8 Å². The van der Waals surface area contributed by atoms with Gasteiger partial charge in [0.1, 0.15) is 18.1 Å². The highest BCUT2D eigenvalue weighted by Crippen LogP contribution is 2.19. The number of carboxylic acid groups (broad SMARTS) is 1. The van der Waals surface area contributed by atoms with E-state index in [-0.39, 0.29) is 11.6 Å². The fourth-order valence-electron chi connectivity index (χ4n) is 2.77. The van der Waals surface area contributed by atoms with Gasteiger partial charge in [-0.15, -0.1) is 5.11 Å². The second-order valence-corrected chi connectivity index (χ2v) is 6.48. The van der Waals surface area contributed by atoms with Crippen molar-refractivity contribution < 1.29 is 19.4 Å². The Morgan fingerprint density at radius 1 is 1.24 bits per heavy atom. The molecule has 2 N–H and O–H groups in total. The molecule has 0 atom stereocenters. The number of azo groups is 1. The Balaban J connectivity index is 1.81. The zero-order valence-corrected chi connectivity index (χ0v) is 16.0. The van der Waals surface area contributed by atoms with Crippen LogP contribution in [-0.2, 0) is 16.1 Å². The molecule has 1 aromatic carbocycles. The first-order valence-corrected chi connectivity index (χ1v) is 9.16. The summed E-state index contributed by atoms with van der Waals surface area (Å²) in [7, 11) is 0. The molecule has 152 valence electrons. The molecule has 1 aliphatic rings. The molecule has 29 heavy (non-hydrogen) atoms. The van der Waals surface area contributed by atoms with Crippen LogP contribution in [0.4, 0.5) is 11.8 Å². The quantitative estimate of drug-likeness (QED) is 0.679. The number of aromatic nitrogens is 2. The van der Waals surface area contributed by atoms with Crippen LogP contribution in [0.5, 0.6) is 0 Å². The van der Waals surface area contributed by atoms with Gasteiger partial charge in [0.25, 0.3) is 11.9 Å². The fourth-order valence-corrected chi connectivity index (χ4v) is 2.77. The molecule has 0 spiro atoms. The molecule has 1 saturated heterocycles. The molecule has 3 rings (SSSR count). The van der Waals surface area contributed by atoms with E-state index >= 15 is 0 Å². The van der Waals surface area contributed by atoms with E-state index in [0.29, 0.717) is 38.7 Å². The lowest BCUT2D eigenvalue weighted by atomic mass is 10.1. The number of benzene rings is 1. The minimum absolute atomic E-state index is 0.0345. The van der Waals surface area contributed by atoms with Crippen molar-refractivity contribution in [3.63, 3.8) is 0 Å². The molecule has 2 heterocycles. The first-order chi connectivity index (χ1) is 14.0. The van der Waals surface area contributed by atoms with Crippen molar-refractivity contribution >= 4 is 23.6 Å². The number of anilines is 1. The van der Waals surface area contributed by atoms with Crippen LogP contribution in [0.15, 0.2) is 40.6 Å². The summed E-state index contributed by atoms with van der Waals surface area (Å²) in [5.74, 6) is -1.19.